The number of alkyl halides is 2. The Morgan fingerprint density at radius 1 is 1.00 bits per heavy atom. The quantitative estimate of drug-likeness (QED) is 0.739. The maximum atomic E-state index is 12.2. The zero-order valence-electron chi connectivity index (χ0n) is 13.9. The van der Waals surface area contributed by atoms with E-state index in [0.717, 1.165) is 12.1 Å². The number of nitrogens with one attached hydrogen (secondary N) is 1. The van der Waals surface area contributed by atoms with Gasteiger partial charge in [0.2, 0.25) is 0 Å². The summed E-state index contributed by atoms with van der Waals surface area (Å²) in [5.74, 6) is 1.25. The van der Waals surface area contributed by atoms with E-state index in [4.69, 9.17) is 0 Å². The summed E-state index contributed by atoms with van der Waals surface area (Å²) in [6.45, 7) is -1.97. The van der Waals surface area contributed by atoms with Crippen LogP contribution in [0.4, 0.5) is 8.78 Å². The van der Waals surface area contributed by atoms with E-state index < -0.39 is 6.61 Å². The lowest BCUT2D eigenvalue weighted by Crippen LogP contribution is -2.10. The van der Waals surface area contributed by atoms with Crippen LogP contribution in [0.15, 0.2) is 48.5 Å². The average Bonchev–Trinajstić information content (AvgIpc) is 3.05. The van der Waals surface area contributed by atoms with E-state index in [1.54, 1.807) is 12.1 Å². The number of benzene rings is 2. The number of ether oxygens (including phenoxy) is 1. The van der Waals surface area contributed by atoms with Crippen LogP contribution in [0.5, 0.6) is 5.75 Å². The lowest BCUT2D eigenvalue weighted by Gasteiger charge is -2.09. The van der Waals surface area contributed by atoms with Crippen LogP contribution in [-0.2, 0) is 6.54 Å². The molecule has 5 nitrogen and oxygen atoms in total. The molecule has 130 valence electrons. The Bertz CT molecular complexity index is 746. The molecule has 0 aliphatic heterocycles. The molecule has 2 aromatic carbocycles. The largest absolute Gasteiger partial charge is 0.435 e. The number of aromatic nitrogens is 3. The molecule has 3 aromatic rings. The van der Waals surface area contributed by atoms with Gasteiger partial charge in [0.25, 0.3) is 0 Å². The van der Waals surface area contributed by atoms with Gasteiger partial charge in [-0.05, 0) is 43.9 Å². The second-order valence-corrected chi connectivity index (χ2v) is 5.85. The molecule has 0 aliphatic rings. The molecule has 0 radical (unpaired) electrons. The Labute approximate surface area is 144 Å². The summed E-state index contributed by atoms with van der Waals surface area (Å²) < 4.78 is 28.7. The summed E-state index contributed by atoms with van der Waals surface area (Å²) in [6.07, 6.45) is 0. The fourth-order valence-electron chi connectivity index (χ4n) is 2.44. The van der Waals surface area contributed by atoms with E-state index in [-0.39, 0.29) is 5.75 Å². The first kappa shape index (κ1) is 17.0. The highest BCUT2D eigenvalue weighted by Gasteiger charge is 2.09. The van der Waals surface area contributed by atoms with Gasteiger partial charge in [-0.3, -0.25) is 5.10 Å². The van der Waals surface area contributed by atoms with Crippen LogP contribution in [0.1, 0.15) is 5.56 Å². The summed E-state index contributed by atoms with van der Waals surface area (Å²) in [5, 5.41) is 7.10. The number of aromatic amines is 1. The zero-order chi connectivity index (χ0) is 17.8. The first-order chi connectivity index (χ1) is 12.0. The Morgan fingerprint density at radius 3 is 2.24 bits per heavy atom. The molecule has 1 N–H and O–H groups in total. The minimum atomic E-state index is -2.84. The molecular weight excluding hydrogens is 326 g/mol. The second-order valence-electron chi connectivity index (χ2n) is 5.85. The number of hydrogen-bond acceptors (Lipinski definition) is 4. The monoisotopic (exact) mass is 344 g/mol. The van der Waals surface area contributed by atoms with Crippen LogP contribution in [0, 0.1) is 0 Å². The zero-order valence-corrected chi connectivity index (χ0v) is 13.9. The molecule has 0 saturated heterocycles. The van der Waals surface area contributed by atoms with Crippen LogP contribution < -0.4 is 4.74 Å². The molecular formula is C18H18F2N4O. The van der Waals surface area contributed by atoms with Crippen molar-refractivity contribution >= 4 is 0 Å². The van der Waals surface area contributed by atoms with E-state index in [1.807, 2.05) is 38.4 Å². The highest BCUT2D eigenvalue weighted by atomic mass is 19.3. The number of H-pyrrole nitrogens is 1. The van der Waals surface area contributed by atoms with Crippen molar-refractivity contribution < 1.29 is 13.5 Å². The maximum absolute atomic E-state index is 12.2. The van der Waals surface area contributed by atoms with Gasteiger partial charge >= 0.3 is 6.61 Å². The van der Waals surface area contributed by atoms with Gasteiger partial charge in [-0.1, -0.05) is 24.3 Å². The molecule has 0 unspecified atom stereocenters. The standard InChI is InChI=1S/C18H18F2N4O/c1-24(2)11-12-3-5-13(6-4-12)16-21-17(23-22-16)14-7-9-15(10-8-14)25-18(19)20/h3-10,18H,11H2,1-2H3,(H,21,22,23). The van der Waals surface area contributed by atoms with Gasteiger partial charge in [-0.15, -0.1) is 0 Å². The van der Waals surface area contributed by atoms with Crippen LogP contribution >= 0.6 is 0 Å². The first-order valence-corrected chi connectivity index (χ1v) is 7.73. The van der Waals surface area contributed by atoms with Crippen LogP contribution in [0.3, 0.4) is 0 Å². The molecule has 0 fully saturated rings. The third kappa shape index (κ3) is 4.39. The predicted octanol–water partition coefficient (Wildman–Crippen LogP) is 3.80. The molecule has 25 heavy (non-hydrogen) atoms. The third-order valence-electron chi connectivity index (χ3n) is 3.55. The van der Waals surface area contributed by atoms with Crippen molar-refractivity contribution in [2.45, 2.75) is 13.2 Å². The summed E-state index contributed by atoms with van der Waals surface area (Å²) >= 11 is 0. The lowest BCUT2D eigenvalue weighted by atomic mass is 10.1. The maximum Gasteiger partial charge on any atom is 0.387 e. The van der Waals surface area contributed by atoms with Crippen molar-refractivity contribution in [2.75, 3.05) is 14.1 Å². The molecule has 0 aliphatic carbocycles. The lowest BCUT2D eigenvalue weighted by molar-refractivity contribution is -0.0498. The Balaban J connectivity index is 1.75. The average molecular weight is 344 g/mol. The molecule has 0 amide bonds. The summed E-state index contributed by atoms with van der Waals surface area (Å²) in [6, 6.07) is 14.3. The SMILES string of the molecule is CN(C)Cc1ccc(-c2nc(-c3ccc(OC(F)F)cc3)n[nH]2)cc1. The van der Waals surface area contributed by atoms with E-state index in [1.165, 1.54) is 17.7 Å². The first-order valence-electron chi connectivity index (χ1n) is 7.73. The minimum absolute atomic E-state index is 0.103. The van der Waals surface area contributed by atoms with Gasteiger partial charge in [-0.2, -0.15) is 13.9 Å². The van der Waals surface area contributed by atoms with Crippen molar-refractivity contribution in [1.82, 2.24) is 20.1 Å². The van der Waals surface area contributed by atoms with Gasteiger partial charge in [0, 0.05) is 17.7 Å². The molecule has 1 aromatic heterocycles. The minimum Gasteiger partial charge on any atom is -0.435 e. The van der Waals surface area contributed by atoms with Crippen molar-refractivity contribution in [3.8, 4) is 28.5 Å². The molecule has 0 spiro atoms. The van der Waals surface area contributed by atoms with E-state index in [0.29, 0.717) is 17.2 Å². The Hall–Kier alpha value is -2.80. The normalized spacial score (nSPS) is 11.3. The van der Waals surface area contributed by atoms with E-state index in [2.05, 4.69) is 24.8 Å². The van der Waals surface area contributed by atoms with Gasteiger partial charge in [0.05, 0.1) is 0 Å². The fourth-order valence-corrected chi connectivity index (χ4v) is 2.44. The molecule has 3 rings (SSSR count). The fraction of sp³-hybridized carbons (Fsp3) is 0.222. The summed E-state index contributed by atoms with van der Waals surface area (Å²) in [7, 11) is 4.04. The van der Waals surface area contributed by atoms with Crippen molar-refractivity contribution in [3.05, 3.63) is 54.1 Å². The van der Waals surface area contributed by atoms with E-state index in [9.17, 15) is 8.78 Å². The number of nitrogens with zero attached hydrogens (tertiary/aromatic N) is 3. The summed E-state index contributed by atoms with van der Waals surface area (Å²) in [5.41, 5.74) is 2.86. The molecule has 0 bridgehead atoms. The Morgan fingerprint density at radius 2 is 1.64 bits per heavy atom. The van der Waals surface area contributed by atoms with Gasteiger partial charge in [-0.25, -0.2) is 4.98 Å². The van der Waals surface area contributed by atoms with Crippen molar-refractivity contribution in [3.63, 3.8) is 0 Å². The summed E-state index contributed by atoms with van der Waals surface area (Å²) in [4.78, 5) is 6.57. The van der Waals surface area contributed by atoms with Crippen molar-refractivity contribution in [1.29, 1.82) is 0 Å². The third-order valence-corrected chi connectivity index (χ3v) is 3.55. The van der Waals surface area contributed by atoms with Gasteiger partial charge in [0.1, 0.15) is 5.75 Å². The Kier molecular flexibility index (Phi) is 5.04. The topological polar surface area (TPSA) is 54.0 Å². The molecule has 7 heteroatoms. The highest BCUT2D eigenvalue weighted by molar-refractivity contribution is 5.61. The second kappa shape index (κ2) is 7.40. The van der Waals surface area contributed by atoms with Crippen LogP contribution in [0.2, 0.25) is 0 Å². The molecule has 1 heterocycles. The van der Waals surface area contributed by atoms with E-state index >= 15 is 0 Å². The van der Waals surface area contributed by atoms with Crippen LogP contribution in [0.25, 0.3) is 22.8 Å². The van der Waals surface area contributed by atoms with Gasteiger partial charge in [0.15, 0.2) is 11.6 Å². The number of hydrogen-bond donors (Lipinski definition) is 1. The predicted molar refractivity (Wildman–Crippen MR) is 91.3 cm³/mol. The number of rotatable bonds is 6. The highest BCUT2D eigenvalue weighted by Crippen LogP contribution is 2.23. The van der Waals surface area contributed by atoms with Gasteiger partial charge < -0.3 is 9.64 Å². The van der Waals surface area contributed by atoms with Crippen LogP contribution in [-0.4, -0.2) is 40.8 Å². The number of halogens is 2. The van der Waals surface area contributed by atoms with Crippen molar-refractivity contribution in [2.24, 2.45) is 0 Å². The molecule has 0 atom stereocenters. The smallest absolute Gasteiger partial charge is 0.387 e. The molecule has 0 saturated carbocycles.